The minimum Gasteiger partial charge on any atom is -0.462 e. The Morgan fingerprint density at radius 1 is 1.11 bits per heavy atom. The summed E-state index contributed by atoms with van der Waals surface area (Å²) in [4.78, 5) is 26.4. The summed E-state index contributed by atoms with van der Waals surface area (Å²) in [6.07, 6.45) is 0.579. The quantitative estimate of drug-likeness (QED) is 0.793. The highest BCUT2D eigenvalue weighted by atomic mass is 16.5. The van der Waals surface area contributed by atoms with Gasteiger partial charge in [-0.1, -0.05) is 30.3 Å². The first kappa shape index (κ1) is 11.7. The third kappa shape index (κ3) is 1.85. The second kappa shape index (κ2) is 4.39. The summed E-state index contributed by atoms with van der Waals surface area (Å²) in [5.74, 6) is -0.528. The summed E-state index contributed by atoms with van der Waals surface area (Å²) in [5.41, 5.74) is 3.30. The number of pyridine rings is 1. The van der Waals surface area contributed by atoms with Crippen LogP contribution in [-0.4, -0.2) is 17.6 Å². The van der Waals surface area contributed by atoms with Gasteiger partial charge in [0.05, 0.1) is 6.61 Å². The van der Waals surface area contributed by atoms with Crippen molar-refractivity contribution in [3.63, 3.8) is 0 Å². The van der Waals surface area contributed by atoms with Crippen molar-refractivity contribution in [1.29, 1.82) is 0 Å². The fourth-order valence-corrected chi connectivity index (χ4v) is 2.56. The maximum atomic E-state index is 11.9. The SMILES string of the molecule is Cc1[nH]c(=O)c2c(c1-c1ccccc1)CCOC2=O. The van der Waals surface area contributed by atoms with E-state index in [-0.39, 0.29) is 11.1 Å². The second-order valence-corrected chi connectivity index (χ2v) is 4.56. The van der Waals surface area contributed by atoms with Gasteiger partial charge in [0.2, 0.25) is 0 Å². The van der Waals surface area contributed by atoms with Crippen LogP contribution in [0.15, 0.2) is 35.1 Å². The molecule has 1 aliphatic rings. The van der Waals surface area contributed by atoms with Crippen LogP contribution in [-0.2, 0) is 11.2 Å². The number of nitrogens with one attached hydrogen (secondary N) is 1. The number of esters is 1. The lowest BCUT2D eigenvalue weighted by molar-refractivity contribution is 0.0478. The number of carbonyl (C=O) groups is 1. The summed E-state index contributed by atoms with van der Waals surface area (Å²) in [6.45, 7) is 2.18. The van der Waals surface area contributed by atoms with E-state index < -0.39 is 5.97 Å². The Balaban J connectivity index is 2.34. The zero-order valence-corrected chi connectivity index (χ0v) is 10.5. The van der Waals surface area contributed by atoms with Crippen molar-refractivity contribution in [2.45, 2.75) is 13.3 Å². The first-order valence-electron chi connectivity index (χ1n) is 6.17. The highest BCUT2D eigenvalue weighted by Crippen LogP contribution is 2.29. The summed E-state index contributed by atoms with van der Waals surface area (Å²) >= 11 is 0. The van der Waals surface area contributed by atoms with E-state index in [1.165, 1.54) is 0 Å². The number of aromatic nitrogens is 1. The zero-order chi connectivity index (χ0) is 13.4. The molecule has 0 spiro atoms. The van der Waals surface area contributed by atoms with Crippen LogP contribution < -0.4 is 5.56 Å². The normalized spacial score (nSPS) is 13.8. The van der Waals surface area contributed by atoms with Crippen LogP contribution in [0.3, 0.4) is 0 Å². The van der Waals surface area contributed by atoms with Crippen molar-refractivity contribution in [2.24, 2.45) is 0 Å². The topological polar surface area (TPSA) is 59.2 Å². The lowest BCUT2D eigenvalue weighted by Crippen LogP contribution is -2.29. The van der Waals surface area contributed by atoms with Crippen molar-refractivity contribution < 1.29 is 9.53 Å². The first-order valence-corrected chi connectivity index (χ1v) is 6.17. The fraction of sp³-hybridized carbons (Fsp3) is 0.200. The third-order valence-corrected chi connectivity index (χ3v) is 3.36. The number of cyclic esters (lactones) is 1. The van der Waals surface area contributed by atoms with E-state index in [0.717, 1.165) is 22.4 Å². The molecule has 0 atom stereocenters. The molecule has 0 saturated heterocycles. The Kier molecular flexibility index (Phi) is 2.71. The molecule has 0 radical (unpaired) electrons. The lowest BCUT2D eigenvalue weighted by atomic mass is 9.92. The standard InChI is InChI=1S/C15H13NO3/c1-9-12(10-5-3-2-4-6-10)11-7-8-19-15(18)13(11)14(17)16-9/h2-6H,7-8H2,1H3,(H,16,17). The molecule has 2 heterocycles. The molecule has 1 aliphatic heterocycles. The van der Waals surface area contributed by atoms with Gasteiger partial charge in [0.25, 0.3) is 5.56 Å². The Morgan fingerprint density at radius 2 is 1.84 bits per heavy atom. The Hall–Kier alpha value is -2.36. The molecular formula is C15H13NO3. The Bertz CT molecular complexity index is 701. The smallest absolute Gasteiger partial charge is 0.344 e. The number of benzene rings is 1. The molecule has 4 heteroatoms. The minimum atomic E-state index is -0.528. The van der Waals surface area contributed by atoms with Gasteiger partial charge in [-0.05, 0) is 18.1 Å². The van der Waals surface area contributed by atoms with E-state index in [1.807, 2.05) is 37.3 Å². The van der Waals surface area contributed by atoms with Crippen LogP contribution >= 0.6 is 0 Å². The van der Waals surface area contributed by atoms with Crippen molar-refractivity contribution in [2.75, 3.05) is 6.61 Å². The van der Waals surface area contributed by atoms with Crippen LogP contribution in [0.5, 0.6) is 0 Å². The number of hydrogen-bond donors (Lipinski definition) is 1. The van der Waals surface area contributed by atoms with Crippen molar-refractivity contribution >= 4 is 5.97 Å². The molecule has 0 aliphatic carbocycles. The van der Waals surface area contributed by atoms with E-state index in [2.05, 4.69) is 4.98 Å². The average molecular weight is 255 g/mol. The number of hydrogen-bond acceptors (Lipinski definition) is 3. The molecule has 1 N–H and O–H groups in total. The van der Waals surface area contributed by atoms with Crippen LogP contribution in [0.25, 0.3) is 11.1 Å². The van der Waals surface area contributed by atoms with Gasteiger partial charge in [-0.3, -0.25) is 4.79 Å². The van der Waals surface area contributed by atoms with Gasteiger partial charge in [-0.15, -0.1) is 0 Å². The predicted octanol–water partition coefficient (Wildman–Crippen LogP) is 2.06. The number of rotatable bonds is 1. The molecule has 0 bridgehead atoms. The maximum Gasteiger partial charge on any atom is 0.344 e. The minimum absolute atomic E-state index is 0.149. The second-order valence-electron chi connectivity index (χ2n) is 4.56. The summed E-state index contributed by atoms with van der Waals surface area (Å²) < 4.78 is 4.96. The number of fused-ring (bicyclic) bond motifs is 1. The number of ether oxygens (including phenoxy) is 1. The van der Waals surface area contributed by atoms with Crippen molar-refractivity contribution in [3.05, 3.63) is 57.5 Å². The highest BCUT2D eigenvalue weighted by Gasteiger charge is 2.26. The molecule has 3 rings (SSSR count). The lowest BCUT2D eigenvalue weighted by Gasteiger charge is -2.20. The summed E-state index contributed by atoms with van der Waals surface area (Å²) in [7, 11) is 0. The van der Waals surface area contributed by atoms with Crippen LogP contribution in [0.1, 0.15) is 21.6 Å². The van der Waals surface area contributed by atoms with E-state index in [1.54, 1.807) is 0 Å². The molecule has 0 amide bonds. The van der Waals surface area contributed by atoms with E-state index in [4.69, 9.17) is 4.74 Å². The van der Waals surface area contributed by atoms with E-state index in [0.29, 0.717) is 13.0 Å². The number of H-pyrrole nitrogens is 1. The number of carbonyl (C=O) groups excluding carboxylic acids is 1. The highest BCUT2D eigenvalue weighted by molar-refractivity contribution is 5.94. The Labute approximate surface area is 110 Å². The molecule has 2 aromatic rings. The molecule has 1 aromatic heterocycles. The monoisotopic (exact) mass is 255 g/mol. The van der Waals surface area contributed by atoms with E-state index in [9.17, 15) is 9.59 Å². The summed E-state index contributed by atoms with van der Waals surface area (Å²) in [6, 6.07) is 9.76. The molecule has 0 fully saturated rings. The van der Waals surface area contributed by atoms with Crippen molar-refractivity contribution in [1.82, 2.24) is 4.98 Å². The molecule has 96 valence electrons. The number of aryl methyl sites for hydroxylation is 1. The molecule has 0 saturated carbocycles. The third-order valence-electron chi connectivity index (χ3n) is 3.36. The largest absolute Gasteiger partial charge is 0.462 e. The van der Waals surface area contributed by atoms with Crippen LogP contribution in [0, 0.1) is 6.92 Å². The van der Waals surface area contributed by atoms with Gasteiger partial charge in [-0.2, -0.15) is 0 Å². The molecular weight excluding hydrogens is 242 g/mol. The molecule has 4 nitrogen and oxygen atoms in total. The molecule has 19 heavy (non-hydrogen) atoms. The first-order chi connectivity index (χ1) is 9.18. The van der Waals surface area contributed by atoms with Gasteiger partial charge in [0.15, 0.2) is 0 Å². The van der Waals surface area contributed by atoms with Crippen LogP contribution in [0.2, 0.25) is 0 Å². The fourth-order valence-electron chi connectivity index (χ4n) is 2.56. The van der Waals surface area contributed by atoms with Gasteiger partial charge in [-0.25, -0.2) is 4.79 Å². The summed E-state index contributed by atoms with van der Waals surface area (Å²) in [5, 5.41) is 0. The maximum absolute atomic E-state index is 11.9. The molecule has 1 aromatic carbocycles. The van der Waals surface area contributed by atoms with Crippen LogP contribution in [0.4, 0.5) is 0 Å². The Morgan fingerprint density at radius 3 is 2.58 bits per heavy atom. The number of aromatic amines is 1. The average Bonchev–Trinajstić information content (AvgIpc) is 2.39. The van der Waals surface area contributed by atoms with Gasteiger partial charge < -0.3 is 9.72 Å². The molecule has 0 unspecified atom stereocenters. The van der Waals surface area contributed by atoms with Crippen molar-refractivity contribution in [3.8, 4) is 11.1 Å². The van der Waals surface area contributed by atoms with Gasteiger partial charge in [0.1, 0.15) is 5.56 Å². The van der Waals surface area contributed by atoms with Gasteiger partial charge >= 0.3 is 5.97 Å². The van der Waals surface area contributed by atoms with Gasteiger partial charge in [0, 0.05) is 17.7 Å². The zero-order valence-electron chi connectivity index (χ0n) is 10.5. The predicted molar refractivity (Wildman–Crippen MR) is 71.2 cm³/mol. The van der Waals surface area contributed by atoms with E-state index >= 15 is 0 Å².